The van der Waals surface area contributed by atoms with Crippen LogP contribution in [0.1, 0.15) is 37.7 Å². The third-order valence-electron chi connectivity index (χ3n) is 3.60. The number of ketones is 1. The quantitative estimate of drug-likeness (QED) is 0.779. The molecule has 1 fully saturated rings. The monoisotopic (exact) mass is 218 g/mol. The Kier molecular flexibility index (Phi) is 3.28. The highest BCUT2D eigenvalue weighted by Crippen LogP contribution is 2.34. The third-order valence-corrected chi connectivity index (χ3v) is 3.60. The first-order valence-electron chi connectivity index (χ1n) is 5.89. The molecule has 86 valence electrons. The van der Waals surface area contributed by atoms with Gasteiger partial charge in [-0.2, -0.15) is 0 Å². The van der Waals surface area contributed by atoms with Crippen molar-refractivity contribution in [1.82, 2.24) is 0 Å². The van der Waals surface area contributed by atoms with Gasteiger partial charge in [0.15, 0.2) is 0 Å². The molecule has 0 radical (unpaired) electrons. The van der Waals surface area contributed by atoms with Gasteiger partial charge in [0.1, 0.15) is 11.5 Å². The normalized spacial score (nSPS) is 22.1. The van der Waals surface area contributed by atoms with E-state index < -0.39 is 0 Å². The first kappa shape index (κ1) is 11.2. The van der Waals surface area contributed by atoms with Crippen LogP contribution in [0.15, 0.2) is 24.3 Å². The van der Waals surface area contributed by atoms with Gasteiger partial charge in [0, 0.05) is 12.3 Å². The molecule has 2 rings (SSSR count). The number of ether oxygens (including phenoxy) is 1. The molecule has 1 aliphatic rings. The number of carbonyl (C=O) groups is 1. The van der Waals surface area contributed by atoms with Gasteiger partial charge in [-0.3, -0.25) is 4.79 Å². The lowest BCUT2D eigenvalue weighted by Crippen LogP contribution is -2.14. The van der Waals surface area contributed by atoms with Crippen LogP contribution in [0.25, 0.3) is 0 Å². The molecule has 0 bridgehead atoms. The molecular formula is C14H18O2. The molecule has 0 heterocycles. The molecule has 2 unspecified atom stereocenters. The van der Waals surface area contributed by atoms with E-state index in [0.29, 0.717) is 11.7 Å². The Morgan fingerprint density at radius 1 is 1.31 bits per heavy atom. The van der Waals surface area contributed by atoms with E-state index in [9.17, 15) is 4.79 Å². The molecule has 2 atom stereocenters. The van der Waals surface area contributed by atoms with Gasteiger partial charge in [0.2, 0.25) is 0 Å². The van der Waals surface area contributed by atoms with Gasteiger partial charge >= 0.3 is 0 Å². The van der Waals surface area contributed by atoms with Crippen LogP contribution in [0.3, 0.4) is 0 Å². The van der Waals surface area contributed by atoms with Crippen molar-refractivity contribution in [2.75, 3.05) is 7.11 Å². The van der Waals surface area contributed by atoms with Crippen molar-refractivity contribution >= 4 is 5.78 Å². The summed E-state index contributed by atoms with van der Waals surface area (Å²) in [5, 5.41) is 0. The van der Waals surface area contributed by atoms with Crippen molar-refractivity contribution < 1.29 is 9.53 Å². The summed E-state index contributed by atoms with van der Waals surface area (Å²) in [6.07, 6.45) is 2.88. The Balaban J connectivity index is 2.13. The zero-order valence-electron chi connectivity index (χ0n) is 9.90. The lowest BCUT2D eigenvalue weighted by atomic mass is 9.86. The van der Waals surface area contributed by atoms with Crippen molar-refractivity contribution in [2.45, 2.75) is 32.1 Å². The topological polar surface area (TPSA) is 26.3 Å². The zero-order chi connectivity index (χ0) is 11.5. The smallest absolute Gasteiger partial charge is 0.136 e. The van der Waals surface area contributed by atoms with E-state index in [1.54, 1.807) is 7.11 Å². The van der Waals surface area contributed by atoms with Crippen LogP contribution < -0.4 is 4.74 Å². The summed E-state index contributed by atoms with van der Waals surface area (Å²) in [4.78, 5) is 11.7. The van der Waals surface area contributed by atoms with Crippen LogP contribution in [-0.4, -0.2) is 12.9 Å². The van der Waals surface area contributed by atoms with Crippen molar-refractivity contribution in [3.8, 4) is 5.75 Å². The molecule has 1 aromatic rings. The summed E-state index contributed by atoms with van der Waals surface area (Å²) >= 11 is 0. The molecule has 1 aromatic carbocycles. The number of Topliss-reactive ketones (excluding diaryl/α,β-unsaturated/α-hetero) is 1. The Labute approximate surface area is 96.6 Å². The second-order valence-corrected chi connectivity index (χ2v) is 4.53. The van der Waals surface area contributed by atoms with Gasteiger partial charge in [-0.1, -0.05) is 19.1 Å². The Morgan fingerprint density at radius 3 is 2.50 bits per heavy atom. The predicted octanol–water partition coefficient (Wildman–Crippen LogP) is 3.17. The van der Waals surface area contributed by atoms with Gasteiger partial charge in [0.25, 0.3) is 0 Å². The predicted molar refractivity (Wildman–Crippen MR) is 63.8 cm³/mol. The minimum Gasteiger partial charge on any atom is -0.497 e. The fourth-order valence-electron chi connectivity index (χ4n) is 2.51. The maximum atomic E-state index is 11.7. The van der Waals surface area contributed by atoms with Crippen LogP contribution in [0.2, 0.25) is 0 Å². The fourth-order valence-corrected chi connectivity index (χ4v) is 2.51. The number of carbonyl (C=O) groups excluding carboxylic acids is 1. The second kappa shape index (κ2) is 4.69. The van der Waals surface area contributed by atoms with Crippen LogP contribution in [0.4, 0.5) is 0 Å². The molecule has 16 heavy (non-hydrogen) atoms. The summed E-state index contributed by atoms with van der Waals surface area (Å²) in [5.41, 5.74) is 1.24. The number of rotatable bonds is 3. The van der Waals surface area contributed by atoms with E-state index in [1.165, 1.54) is 5.56 Å². The van der Waals surface area contributed by atoms with Crippen molar-refractivity contribution in [3.63, 3.8) is 0 Å². The first-order chi connectivity index (χ1) is 7.72. The largest absolute Gasteiger partial charge is 0.497 e. The van der Waals surface area contributed by atoms with Gasteiger partial charge in [-0.05, 0) is 36.5 Å². The van der Waals surface area contributed by atoms with Gasteiger partial charge in [0.05, 0.1) is 7.11 Å². The lowest BCUT2D eigenvalue weighted by Gasteiger charge is -2.18. The molecule has 2 heteroatoms. The fraction of sp³-hybridized carbons (Fsp3) is 0.500. The van der Waals surface area contributed by atoms with Gasteiger partial charge < -0.3 is 4.74 Å². The van der Waals surface area contributed by atoms with E-state index in [0.717, 1.165) is 25.0 Å². The summed E-state index contributed by atoms with van der Waals surface area (Å²) in [7, 11) is 1.67. The molecule has 0 saturated heterocycles. The van der Waals surface area contributed by atoms with Crippen molar-refractivity contribution in [1.29, 1.82) is 0 Å². The van der Waals surface area contributed by atoms with E-state index in [4.69, 9.17) is 4.74 Å². The number of hydrogen-bond acceptors (Lipinski definition) is 2. The average Bonchev–Trinajstić information content (AvgIpc) is 2.75. The van der Waals surface area contributed by atoms with E-state index in [2.05, 4.69) is 19.1 Å². The minimum absolute atomic E-state index is 0.230. The zero-order valence-corrected chi connectivity index (χ0v) is 9.90. The SMILES string of the molecule is COc1ccc(C(C)C2CCCC2=O)cc1. The van der Waals surface area contributed by atoms with E-state index in [-0.39, 0.29) is 5.92 Å². The highest BCUT2D eigenvalue weighted by Gasteiger charge is 2.30. The molecule has 2 nitrogen and oxygen atoms in total. The second-order valence-electron chi connectivity index (χ2n) is 4.53. The molecular weight excluding hydrogens is 200 g/mol. The Morgan fingerprint density at radius 2 is 2.00 bits per heavy atom. The van der Waals surface area contributed by atoms with Gasteiger partial charge in [-0.15, -0.1) is 0 Å². The van der Waals surface area contributed by atoms with Crippen molar-refractivity contribution in [3.05, 3.63) is 29.8 Å². The van der Waals surface area contributed by atoms with E-state index in [1.807, 2.05) is 12.1 Å². The highest BCUT2D eigenvalue weighted by molar-refractivity contribution is 5.83. The summed E-state index contributed by atoms with van der Waals surface area (Å²) < 4.78 is 5.13. The molecule has 1 aliphatic carbocycles. The number of hydrogen-bond donors (Lipinski definition) is 0. The maximum Gasteiger partial charge on any atom is 0.136 e. The molecule has 0 amide bonds. The number of methoxy groups -OCH3 is 1. The maximum absolute atomic E-state index is 11.7. The van der Waals surface area contributed by atoms with Crippen LogP contribution in [0.5, 0.6) is 5.75 Å². The average molecular weight is 218 g/mol. The van der Waals surface area contributed by atoms with Crippen LogP contribution >= 0.6 is 0 Å². The van der Waals surface area contributed by atoms with E-state index >= 15 is 0 Å². The van der Waals surface area contributed by atoms with Crippen molar-refractivity contribution in [2.24, 2.45) is 5.92 Å². The third kappa shape index (κ3) is 2.11. The van der Waals surface area contributed by atoms with Crippen LogP contribution in [-0.2, 0) is 4.79 Å². The Hall–Kier alpha value is -1.31. The molecule has 0 N–H and O–H groups in total. The standard InChI is InChI=1S/C14H18O2/c1-10(13-4-3-5-14(13)15)11-6-8-12(16-2)9-7-11/h6-10,13H,3-5H2,1-2H3. The number of benzene rings is 1. The summed E-state index contributed by atoms with van der Waals surface area (Å²) in [5.74, 6) is 1.87. The summed E-state index contributed by atoms with van der Waals surface area (Å²) in [6.45, 7) is 2.15. The van der Waals surface area contributed by atoms with Gasteiger partial charge in [-0.25, -0.2) is 0 Å². The lowest BCUT2D eigenvalue weighted by molar-refractivity contribution is -0.121. The Bertz CT molecular complexity index is 367. The summed E-state index contributed by atoms with van der Waals surface area (Å²) in [6, 6.07) is 8.06. The molecule has 0 aliphatic heterocycles. The van der Waals surface area contributed by atoms with Crippen LogP contribution in [0, 0.1) is 5.92 Å². The molecule has 1 saturated carbocycles. The highest BCUT2D eigenvalue weighted by atomic mass is 16.5. The molecule has 0 spiro atoms. The molecule has 0 aromatic heterocycles. The first-order valence-corrected chi connectivity index (χ1v) is 5.89. The minimum atomic E-state index is 0.230.